The molecule has 0 saturated carbocycles. The minimum absolute atomic E-state index is 0.157. The average molecular weight is 320 g/mol. The van der Waals surface area contributed by atoms with Crippen molar-refractivity contribution in [3.05, 3.63) is 77.6 Å². The molecule has 3 aromatic rings. The van der Waals surface area contributed by atoms with Crippen LogP contribution < -0.4 is 0 Å². The van der Waals surface area contributed by atoms with Crippen molar-refractivity contribution in [3.8, 4) is 0 Å². The molecule has 1 N–H and O–H groups in total. The predicted molar refractivity (Wildman–Crippen MR) is 94.9 cm³/mol. The molecule has 0 aliphatic heterocycles. The van der Waals surface area contributed by atoms with E-state index in [1.54, 1.807) is 32.4 Å². The van der Waals surface area contributed by atoms with E-state index in [-0.39, 0.29) is 5.91 Å². The van der Waals surface area contributed by atoms with Gasteiger partial charge in [-0.25, -0.2) is 0 Å². The molecule has 0 spiro atoms. The van der Waals surface area contributed by atoms with Crippen LogP contribution in [0.1, 0.15) is 27.7 Å². The minimum atomic E-state index is -0.837. The summed E-state index contributed by atoms with van der Waals surface area (Å²) < 4.78 is 0. The van der Waals surface area contributed by atoms with Gasteiger partial charge in [0.25, 0.3) is 5.91 Å². The lowest BCUT2D eigenvalue weighted by Gasteiger charge is -2.17. The molecule has 1 atom stereocenters. The van der Waals surface area contributed by atoms with Crippen LogP contribution in [0.2, 0.25) is 0 Å². The molecular weight excluding hydrogens is 300 g/mol. The number of pyridine rings is 1. The molecule has 0 aliphatic carbocycles. The molecule has 0 saturated heterocycles. The Bertz CT molecular complexity index is 869. The van der Waals surface area contributed by atoms with E-state index in [0.717, 1.165) is 16.3 Å². The Morgan fingerprint density at radius 3 is 2.62 bits per heavy atom. The van der Waals surface area contributed by atoms with E-state index < -0.39 is 6.10 Å². The van der Waals surface area contributed by atoms with Gasteiger partial charge in [-0.3, -0.25) is 9.78 Å². The summed E-state index contributed by atoms with van der Waals surface area (Å²) in [5.74, 6) is -0.157. The number of nitrogens with zero attached hydrogens (tertiary/aromatic N) is 2. The van der Waals surface area contributed by atoms with E-state index in [1.165, 1.54) is 4.90 Å². The zero-order valence-corrected chi connectivity index (χ0v) is 13.8. The van der Waals surface area contributed by atoms with Crippen molar-refractivity contribution < 1.29 is 9.90 Å². The number of aliphatic hydroxyl groups excluding tert-OH is 1. The lowest BCUT2D eigenvalue weighted by atomic mass is 9.97. The first-order valence-electron chi connectivity index (χ1n) is 7.89. The van der Waals surface area contributed by atoms with Gasteiger partial charge in [-0.05, 0) is 28.5 Å². The van der Waals surface area contributed by atoms with Gasteiger partial charge >= 0.3 is 0 Å². The Labute approximate surface area is 141 Å². The van der Waals surface area contributed by atoms with Crippen molar-refractivity contribution in [1.29, 1.82) is 0 Å². The number of rotatable bonds is 4. The predicted octanol–water partition coefficient (Wildman–Crippen LogP) is 3.21. The van der Waals surface area contributed by atoms with Crippen molar-refractivity contribution in [1.82, 2.24) is 9.88 Å². The number of aliphatic hydroxyl groups is 1. The Morgan fingerprint density at radius 1 is 1.08 bits per heavy atom. The number of carbonyl (C=O) groups excluding carboxylic acids is 1. The summed E-state index contributed by atoms with van der Waals surface area (Å²) in [5.41, 5.74) is 1.90. The fourth-order valence-electron chi connectivity index (χ4n) is 2.88. The number of amides is 1. The van der Waals surface area contributed by atoms with Gasteiger partial charge in [0, 0.05) is 26.7 Å². The van der Waals surface area contributed by atoms with Crippen LogP contribution in [0.15, 0.2) is 60.8 Å². The maximum Gasteiger partial charge on any atom is 0.255 e. The number of hydrogen-bond donors (Lipinski definition) is 1. The molecule has 3 rings (SSSR count). The third kappa shape index (κ3) is 3.14. The zero-order valence-electron chi connectivity index (χ0n) is 13.8. The van der Waals surface area contributed by atoms with Crippen LogP contribution in [0.5, 0.6) is 0 Å². The molecule has 0 aliphatic rings. The van der Waals surface area contributed by atoms with E-state index >= 15 is 0 Å². The fourth-order valence-corrected chi connectivity index (χ4v) is 2.88. The molecule has 0 radical (unpaired) electrons. The van der Waals surface area contributed by atoms with Gasteiger partial charge in [0.15, 0.2) is 0 Å². The highest BCUT2D eigenvalue weighted by Gasteiger charge is 2.20. The second-order valence-electron chi connectivity index (χ2n) is 5.99. The van der Waals surface area contributed by atoms with Gasteiger partial charge in [0.1, 0.15) is 6.10 Å². The van der Waals surface area contributed by atoms with E-state index in [0.29, 0.717) is 17.7 Å². The molecule has 24 heavy (non-hydrogen) atoms. The summed E-state index contributed by atoms with van der Waals surface area (Å²) in [6.07, 6.45) is 1.18. The smallest absolute Gasteiger partial charge is 0.255 e. The molecule has 2 aromatic carbocycles. The molecule has 1 unspecified atom stereocenters. The van der Waals surface area contributed by atoms with Crippen molar-refractivity contribution in [2.24, 2.45) is 0 Å². The van der Waals surface area contributed by atoms with Crippen LogP contribution in [-0.4, -0.2) is 35.0 Å². The fraction of sp³-hybridized carbons (Fsp3) is 0.200. The first kappa shape index (κ1) is 16.1. The van der Waals surface area contributed by atoms with Gasteiger partial charge in [-0.15, -0.1) is 0 Å². The topological polar surface area (TPSA) is 53.4 Å². The van der Waals surface area contributed by atoms with Crippen molar-refractivity contribution in [3.63, 3.8) is 0 Å². The third-order valence-electron chi connectivity index (χ3n) is 4.08. The quantitative estimate of drug-likeness (QED) is 0.803. The second kappa shape index (κ2) is 6.81. The average Bonchev–Trinajstić information content (AvgIpc) is 2.61. The molecular formula is C20H20N2O2. The molecule has 122 valence electrons. The van der Waals surface area contributed by atoms with Gasteiger partial charge in [0.2, 0.25) is 0 Å². The Hall–Kier alpha value is -2.72. The highest BCUT2D eigenvalue weighted by atomic mass is 16.3. The van der Waals surface area contributed by atoms with Gasteiger partial charge in [-0.2, -0.15) is 0 Å². The number of fused-ring (bicyclic) bond motifs is 1. The number of aromatic nitrogens is 1. The van der Waals surface area contributed by atoms with Gasteiger partial charge < -0.3 is 10.0 Å². The van der Waals surface area contributed by atoms with Crippen LogP contribution >= 0.6 is 0 Å². The van der Waals surface area contributed by atoms with E-state index in [9.17, 15) is 9.90 Å². The molecule has 0 bridgehead atoms. The number of benzene rings is 2. The van der Waals surface area contributed by atoms with Crippen LogP contribution in [-0.2, 0) is 6.42 Å². The summed E-state index contributed by atoms with van der Waals surface area (Å²) in [5, 5.41) is 13.0. The molecule has 0 fully saturated rings. The van der Waals surface area contributed by atoms with E-state index in [4.69, 9.17) is 0 Å². The lowest BCUT2D eigenvalue weighted by molar-refractivity contribution is 0.0818. The van der Waals surface area contributed by atoms with Crippen LogP contribution in [0.25, 0.3) is 10.8 Å². The molecule has 1 amide bonds. The summed E-state index contributed by atoms with van der Waals surface area (Å²) in [7, 11) is 3.38. The monoisotopic (exact) mass is 320 g/mol. The Kier molecular flexibility index (Phi) is 4.58. The molecule has 1 heterocycles. The standard InChI is InChI=1S/C20H20N2O2/c1-22(2)20(24)17-11-6-12-21-19(17)18(23)13-15-9-5-8-14-7-3-4-10-16(14)15/h3-12,18,23H,13H2,1-2H3. The zero-order chi connectivity index (χ0) is 17.1. The number of hydrogen-bond acceptors (Lipinski definition) is 3. The van der Waals surface area contributed by atoms with E-state index in [1.807, 2.05) is 42.5 Å². The maximum absolute atomic E-state index is 12.3. The van der Waals surface area contributed by atoms with Crippen LogP contribution in [0, 0.1) is 0 Å². The number of carbonyl (C=O) groups is 1. The van der Waals surface area contributed by atoms with E-state index in [2.05, 4.69) is 4.98 Å². The summed E-state index contributed by atoms with van der Waals surface area (Å²) in [6.45, 7) is 0. The van der Waals surface area contributed by atoms with Gasteiger partial charge in [0.05, 0.1) is 11.3 Å². The third-order valence-corrected chi connectivity index (χ3v) is 4.08. The second-order valence-corrected chi connectivity index (χ2v) is 5.99. The van der Waals surface area contributed by atoms with Crippen molar-refractivity contribution in [2.45, 2.75) is 12.5 Å². The molecule has 1 aromatic heterocycles. The van der Waals surface area contributed by atoms with Crippen LogP contribution in [0.4, 0.5) is 0 Å². The van der Waals surface area contributed by atoms with Crippen molar-refractivity contribution >= 4 is 16.7 Å². The largest absolute Gasteiger partial charge is 0.386 e. The molecule has 4 nitrogen and oxygen atoms in total. The minimum Gasteiger partial charge on any atom is -0.386 e. The summed E-state index contributed by atoms with van der Waals surface area (Å²) in [6, 6.07) is 17.5. The Morgan fingerprint density at radius 2 is 1.83 bits per heavy atom. The van der Waals surface area contributed by atoms with Gasteiger partial charge in [-0.1, -0.05) is 42.5 Å². The maximum atomic E-state index is 12.3. The summed E-state index contributed by atoms with van der Waals surface area (Å²) in [4.78, 5) is 18.1. The normalized spacial score (nSPS) is 12.1. The van der Waals surface area contributed by atoms with Crippen molar-refractivity contribution in [2.75, 3.05) is 14.1 Å². The lowest BCUT2D eigenvalue weighted by Crippen LogP contribution is -2.24. The first-order valence-corrected chi connectivity index (χ1v) is 7.89. The highest BCUT2D eigenvalue weighted by Crippen LogP contribution is 2.25. The Balaban J connectivity index is 1.96. The highest BCUT2D eigenvalue weighted by molar-refractivity contribution is 5.95. The SMILES string of the molecule is CN(C)C(=O)c1cccnc1C(O)Cc1cccc2ccccc12. The summed E-state index contributed by atoms with van der Waals surface area (Å²) >= 11 is 0. The first-order chi connectivity index (χ1) is 11.6. The van der Waals surface area contributed by atoms with Crippen LogP contribution in [0.3, 0.4) is 0 Å². The molecule has 4 heteroatoms.